The smallest absolute Gasteiger partial charge is 0.369 e. The standard InChI is InChI=1S/C20H40N2O6Si2/c1-15-9-21-10-16(2)24-29(23-15,25-17(3)11-21)7-8-30-26-18(4)12-22(13-19(5)27-30)14-20(6)28-30/h15-20H,7-14H2,1-6H3/t15-,16-,17+,18-,19-,20+/m0/s1. The van der Waals surface area contributed by atoms with Crippen molar-refractivity contribution < 1.29 is 26.6 Å². The molecule has 0 aromatic carbocycles. The highest BCUT2D eigenvalue weighted by Crippen LogP contribution is 2.35. The van der Waals surface area contributed by atoms with Gasteiger partial charge in [0.15, 0.2) is 0 Å². The lowest BCUT2D eigenvalue weighted by Gasteiger charge is -2.48. The Morgan fingerprint density at radius 2 is 0.667 bits per heavy atom. The molecule has 10 heteroatoms. The Kier molecular flexibility index (Phi) is 7.11. The number of hydrogen-bond donors (Lipinski definition) is 0. The summed E-state index contributed by atoms with van der Waals surface area (Å²) in [5.41, 5.74) is 0. The zero-order valence-corrected chi connectivity index (χ0v) is 21.5. The van der Waals surface area contributed by atoms with E-state index < -0.39 is 17.6 Å². The molecule has 0 N–H and O–H groups in total. The summed E-state index contributed by atoms with van der Waals surface area (Å²) < 4.78 is 39.3. The van der Waals surface area contributed by atoms with E-state index in [-0.39, 0.29) is 36.6 Å². The van der Waals surface area contributed by atoms with Crippen LogP contribution in [0.15, 0.2) is 0 Å². The van der Waals surface area contributed by atoms with Gasteiger partial charge in [-0.05, 0) is 41.5 Å². The second kappa shape index (κ2) is 9.16. The van der Waals surface area contributed by atoms with Crippen molar-refractivity contribution in [2.24, 2.45) is 0 Å². The van der Waals surface area contributed by atoms with Crippen molar-refractivity contribution in [1.29, 1.82) is 0 Å². The van der Waals surface area contributed by atoms with Gasteiger partial charge in [-0.2, -0.15) is 0 Å². The van der Waals surface area contributed by atoms with Gasteiger partial charge in [-0.1, -0.05) is 0 Å². The summed E-state index contributed by atoms with van der Waals surface area (Å²) >= 11 is 0. The molecule has 0 amide bonds. The van der Waals surface area contributed by atoms with Crippen LogP contribution in [0.5, 0.6) is 0 Å². The number of nitrogens with zero attached hydrogens (tertiary/aromatic N) is 2. The molecule has 0 aromatic heterocycles. The third kappa shape index (κ3) is 5.53. The summed E-state index contributed by atoms with van der Waals surface area (Å²) in [6.45, 7) is 18.3. The third-order valence-electron chi connectivity index (χ3n) is 6.11. The molecule has 30 heavy (non-hydrogen) atoms. The van der Waals surface area contributed by atoms with E-state index in [1.54, 1.807) is 0 Å². The average molecular weight is 461 g/mol. The van der Waals surface area contributed by atoms with Crippen molar-refractivity contribution in [2.45, 2.75) is 90.3 Å². The van der Waals surface area contributed by atoms with Crippen molar-refractivity contribution in [1.82, 2.24) is 9.80 Å². The molecular weight excluding hydrogens is 420 g/mol. The summed E-state index contributed by atoms with van der Waals surface area (Å²) in [5.74, 6) is 0. The Morgan fingerprint density at radius 3 is 0.867 bits per heavy atom. The summed E-state index contributed by atoms with van der Waals surface area (Å²) in [6.07, 6.45) is 0.492. The van der Waals surface area contributed by atoms with Crippen LogP contribution < -0.4 is 0 Å². The molecule has 4 bridgehead atoms. The first-order valence-corrected chi connectivity index (χ1v) is 15.5. The highest BCUT2D eigenvalue weighted by molar-refractivity contribution is 6.66. The van der Waals surface area contributed by atoms with Crippen molar-refractivity contribution in [3.8, 4) is 0 Å². The van der Waals surface area contributed by atoms with Crippen LogP contribution in [-0.4, -0.2) is 103 Å². The van der Waals surface area contributed by atoms with Crippen molar-refractivity contribution >= 4 is 17.6 Å². The second-order valence-electron chi connectivity index (χ2n) is 9.87. The molecule has 0 spiro atoms. The van der Waals surface area contributed by atoms with E-state index in [1.807, 2.05) is 0 Å². The van der Waals surface area contributed by atoms with Gasteiger partial charge in [0.05, 0.1) is 36.6 Å². The van der Waals surface area contributed by atoms with Gasteiger partial charge in [0.2, 0.25) is 0 Å². The van der Waals surface area contributed by atoms with Crippen LogP contribution in [0.2, 0.25) is 12.1 Å². The molecule has 6 heterocycles. The fourth-order valence-corrected chi connectivity index (χ4v) is 13.1. The first-order chi connectivity index (χ1) is 14.1. The third-order valence-corrected chi connectivity index (χ3v) is 12.9. The fraction of sp³-hybridized carbons (Fsp3) is 1.00. The zero-order chi connectivity index (χ0) is 21.5. The molecule has 0 aliphatic carbocycles. The first-order valence-electron chi connectivity index (χ1n) is 11.7. The molecule has 6 aliphatic heterocycles. The largest absolute Gasteiger partial charge is 0.501 e. The highest BCUT2D eigenvalue weighted by atomic mass is 28.4. The molecule has 6 fully saturated rings. The molecule has 0 unspecified atom stereocenters. The second-order valence-corrected chi connectivity index (χ2v) is 15.0. The normalized spacial score (nSPS) is 52.6. The van der Waals surface area contributed by atoms with Crippen molar-refractivity contribution in [2.75, 3.05) is 39.3 Å². The minimum Gasteiger partial charge on any atom is -0.369 e. The van der Waals surface area contributed by atoms with Gasteiger partial charge in [-0.3, -0.25) is 9.80 Å². The van der Waals surface area contributed by atoms with Gasteiger partial charge in [0.1, 0.15) is 0 Å². The quantitative estimate of drug-likeness (QED) is 0.593. The van der Waals surface area contributed by atoms with Gasteiger partial charge < -0.3 is 26.6 Å². The Morgan fingerprint density at radius 1 is 0.467 bits per heavy atom. The van der Waals surface area contributed by atoms with Crippen LogP contribution in [0.25, 0.3) is 0 Å². The minimum absolute atomic E-state index is 0.0820. The maximum absolute atomic E-state index is 6.55. The topological polar surface area (TPSA) is 61.9 Å². The lowest BCUT2D eigenvalue weighted by Crippen LogP contribution is -2.64. The van der Waals surface area contributed by atoms with E-state index in [1.165, 1.54) is 0 Å². The predicted molar refractivity (Wildman–Crippen MR) is 117 cm³/mol. The fourth-order valence-electron chi connectivity index (χ4n) is 5.52. The molecule has 6 rings (SSSR count). The summed E-state index contributed by atoms with van der Waals surface area (Å²) in [4.78, 5) is 4.78. The molecule has 6 atom stereocenters. The molecule has 0 aromatic rings. The van der Waals surface area contributed by atoms with Crippen LogP contribution in [0.1, 0.15) is 41.5 Å². The SMILES string of the molecule is C[C@@H]1CN2C[C@H](C)O[Si](CC[Si]34O[C@H](C)CN(C[C@H](C)O3)C[C@H](C)O4)(O1)O[C@@H](C)C2. The van der Waals surface area contributed by atoms with Gasteiger partial charge in [-0.25, -0.2) is 0 Å². The van der Waals surface area contributed by atoms with Crippen LogP contribution in [-0.2, 0) is 26.6 Å². The van der Waals surface area contributed by atoms with Crippen molar-refractivity contribution in [3.63, 3.8) is 0 Å². The van der Waals surface area contributed by atoms with Crippen LogP contribution in [0.3, 0.4) is 0 Å². The van der Waals surface area contributed by atoms with Gasteiger partial charge >= 0.3 is 17.6 Å². The van der Waals surface area contributed by atoms with E-state index >= 15 is 0 Å². The lowest BCUT2D eigenvalue weighted by atomic mass is 10.2. The number of rotatable bonds is 3. The molecule has 6 saturated heterocycles. The molecule has 6 aliphatic rings. The highest BCUT2D eigenvalue weighted by Gasteiger charge is 2.55. The van der Waals surface area contributed by atoms with Crippen LogP contribution >= 0.6 is 0 Å². The first kappa shape index (κ1) is 23.3. The predicted octanol–water partition coefficient (Wildman–Crippen LogP) is 1.95. The number of fused-ring (bicyclic) bond motifs is 12. The summed E-state index contributed by atoms with van der Waals surface area (Å²) in [5, 5.41) is 0. The Balaban J connectivity index is 1.57. The minimum atomic E-state index is -2.90. The van der Waals surface area contributed by atoms with E-state index in [9.17, 15) is 0 Å². The molecule has 8 nitrogen and oxygen atoms in total. The maximum Gasteiger partial charge on any atom is 0.501 e. The maximum atomic E-state index is 6.55. The Hall–Kier alpha value is 0.114. The summed E-state index contributed by atoms with van der Waals surface area (Å²) in [7, 11) is -5.80. The van der Waals surface area contributed by atoms with Crippen molar-refractivity contribution in [3.05, 3.63) is 0 Å². The molecular formula is C20H40N2O6Si2. The van der Waals surface area contributed by atoms with Crippen LogP contribution in [0.4, 0.5) is 0 Å². The summed E-state index contributed by atoms with van der Waals surface area (Å²) in [6, 6.07) is 1.35. The molecule has 0 saturated carbocycles. The Bertz CT molecular complexity index is 480. The van der Waals surface area contributed by atoms with E-state index in [0.717, 1.165) is 39.3 Å². The van der Waals surface area contributed by atoms with E-state index in [2.05, 4.69) is 51.3 Å². The van der Waals surface area contributed by atoms with Crippen LogP contribution in [0, 0.1) is 0 Å². The lowest BCUT2D eigenvalue weighted by molar-refractivity contribution is -0.0867. The molecule has 0 radical (unpaired) electrons. The monoisotopic (exact) mass is 460 g/mol. The Labute approximate surface area is 183 Å². The van der Waals surface area contributed by atoms with Gasteiger partial charge in [0, 0.05) is 51.4 Å². The van der Waals surface area contributed by atoms with Gasteiger partial charge in [-0.15, -0.1) is 0 Å². The molecule has 174 valence electrons. The van der Waals surface area contributed by atoms with E-state index in [0.29, 0.717) is 12.1 Å². The van der Waals surface area contributed by atoms with Gasteiger partial charge in [0.25, 0.3) is 0 Å². The number of hydrogen-bond acceptors (Lipinski definition) is 8. The van der Waals surface area contributed by atoms with E-state index in [4.69, 9.17) is 26.6 Å². The average Bonchev–Trinajstić information content (AvgIpc) is 2.53. The zero-order valence-electron chi connectivity index (χ0n) is 19.5.